The molecule has 0 unspecified atom stereocenters. The third-order valence-corrected chi connectivity index (χ3v) is 14.5. The Morgan fingerprint density at radius 2 is 0.658 bits per heavy atom. The Bertz CT molecular complexity index is 1230. The van der Waals surface area contributed by atoms with E-state index in [9.17, 15) is 19.2 Å². The Kier molecular flexibility index (Phi) is 52.3. The van der Waals surface area contributed by atoms with Gasteiger partial charge in [-0.2, -0.15) is 0 Å². The second kappa shape index (κ2) is 54.2. The molecule has 0 atom stereocenters. The summed E-state index contributed by atoms with van der Waals surface area (Å²) in [5.74, 6) is 0.173. The van der Waals surface area contributed by atoms with E-state index in [1.165, 1.54) is 135 Å². The molecule has 0 aromatic heterocycles. The third-order valence-electron chi connectivity index (χ3n) is 14.5. The van der Waals surface area contributed by atoms with Gasteiger partial charge in [-0.25, -0.2) is 9.59 Å². The quantitative estimate of drug-likeness (QED) is 0.0331. The number of amides is 2. The first-order chi connectivity index (χ1) is 35.7. The van der Waals surface area contributed by atoms with Crippen molar-refractivity contribution < 1.29 is 38.1 Å². The predicted molar refractivity (Wildman–Crippen MR) is 305 cm³/mol. The molecule has 0 heterocycles. The maximum atomic E-state index is 13.7. The smallest absolute Gasteiger partial charge is 0.409 e. The van der Waals surface area contributed by atoms with Crippen molar-refractivity contribution in [1.82, 2.24) is 19.6 Å². The van der Waals surface area contributed by atoms with Gasteiger partial charge in [-0.3, -0.25) is 14.5 Å². The zero-order chi connectivity index (χ0) is 53.7. The first kappa shape index (κ1) is 70.4. The molecule has 2 amide bonds. The molecule has 0 fully saturated rings. The number of nitrogens with zero attached hydrogens (tertiary/aromatic N) is 4. The molecule has 12 heteroatoms. The van der Waals surface area contributed by atoms with E-state index in [-0.39, 0.29) is 37.3 Å². The van der Waals surface area contributed by atoms with Crippen LogP contribution in [0, 0.1) is 5.92 Å². The number of ether oxygens (including phenoxy) is 4. The topological polar surface area (TPSA) is 118 Å². The van der Waals surface area contributed by atoms with Crippen LogP contribution in [0.15, 0.2) is 0 Å². The highest BCUT2D eigenvalue weighted by Crippen LogP contribution is 2.20. The van der Waals surface area contributed by atoms with Gasteiger partial charge in [0.25, 0.3) is 0 Å². The van der Waals surface area contributed by atoms with Crippen LogP contribution in [0.4, 0.5) is 9.59 Å². The molecule has 0 aliphatic rings. The van der Waals surface area contributed by atoms with Gasteiger partial charge in [0.2, 0.25) is 0 Å². The van der Waals surface area contributed by atoms with Crippen molar-refractivity contribution in [2.24, 2.45) is 5.92 Å². The minimum absolute atomic E-state index is 0.122. The van der Waals surface area contributed by atoms with Crippen molar-refractivity contribution in [3.63, 3.8) is 0 Å². The summed E-state index contributed by atoms with van der Waals surface area (Å²) >= 11 is 0. The van der Waals surface area contributed by atoms with Crippen molar-refractivity contribution >= 4 is 24.1 Å². The molecule has 0 aliphatic carbocycles. The van der Waals surface area contributed by atoms with E-state index in [4.69, 9.17) is 18.9 Å². The van der Waals surface area contributed by atoms with Crippen molar-refractivity contribution in [2.45, 2.75) is 273 Å². The van der Waals surface area contributed by atoms with Gasteiger partial charge in [-0.05, 0) is 76.8 Å². The second-order valence-electron chi connectivity index (χ2n) is 21.1. The molecular weight excluding hydrogens is 917 g/mol. The van der Waals surface area contributed by atoms with Crippen LogP contribution in [0.25, 0.3) is 0 Å². The molecule has 0 aromatic rings. The Morgan fingerprint density at radius 1 is 0.315 bits per heavy atom. The number of carbonyl (C=O) groups excluding carboxylic acids is 4. The summed E-state index contributed by atoms with van der Waals surface area (Å²) in [4.78, 5) is 60.9. The lowest BCUT2D eigenvalue weighted by molar-refractivity contribution is -0.145. The molecule has 432 valence electrons. The van der Waals surface area contributed by atoms with Crippen LogP contribution < -0.4 is 0 Å². The van der Waals surface area contributed by atoms with Gasteiger partial charge in [-0.15, -0.1) is 0 Å². The molecule has 0 aromatic carbocycles. The minimum Gasteiger partial charge on any atom is -0.466 e. The van der Waals surface area contributed by atoms with Gasteiger partial charge in [0.15, 0.2) is 0 Å². The highest BCUT2D eigenvalue weighted by Gasteiger charge is 2.19. The fourth-order valence-electron chi connectivity index (χ4n) is 9.39. The molecule has 0 rings (SSSR count). The Hall–Kier alpha value is -2.60. The normalized spacial score (nSPS) is 11.5. The predicted octanol–water partition coefficient (Wildman–Crippen LogP) is 16.0. The SMILES string of the molecule is CCCCCCCCCCN(CCCCC(=O)OCC(CCCCCC)CCCCCC)C(=O)OCCN(CCOC(=O)N(CCCCCCCC)CCCCC(=O)OCCCCCCC)CCN(CC)CC. The van der Waals surface area contributed by atoms with Crippen molar-refractivity contribution in [3.05, 3.63) is 0 Å². The van der Waals surface area contributed by atoms with Gasteiger partial charge < -0.3 is 33.6 Å². The second-order valence-corrected chi connectivity index (χ2v) is 21.1. The fourth-order valence-corrected chi connectivity index (χ4v) is 9.39. The third kappa shape index (κ3) is 45.3. The van der Waals surface area contributed by atoms with E-state index in [1.54, 1.807) is 0 Å². The molecular formula is C61H120N4O8. The van der Waals surface area contributed by atoms with E-state index in [0.717, 1.165) is 90.4 Å². The first-order valence-corrected chi connectivity index (χ1v) is 31.3. The Balaban J connectivity index is 5.46. The summed E-state index contributed by atoms with van der Waals surface area (Å²) in [6, 6.07) is 0. The average molecular weight is 1040 g/mol. The van der Waals surface area contributed by atoms with Gasteiger partial charge in [0.05, 0.1) is 13.2 Å². The lowest BCUT2D eigenvalue weighted by Gasteiger charge is -2.28. The summed E-state index contributed by atoms with van der Waals surface area (Å²) in [6.45, 7) is 24.0. The number of hydrogen-bond donors (Lipinski definition) is 0. The fraction of sp³-hybridized carbons (Fsp3) is 0.934. The van der Waals surface area contributed by atoms with Crippen LogP contribution in [0.2, 0.25) is 0 Å². The van der Waals surface area contributed by atoms with Gasteiger partial charge in [0, 0.05) is 65.2 Å². The number of esters is 2. The van der Waals surface area contributed by atoms with Crippen LogP contribution in [0.3, 0.4) is 0 Å². The van der Waals surface area contributed by atoms with Crippen LogP contribution in [0.1, 0.15) is 273 Å². The monoisotopic (exact) mass is 1040 g/mol. The molecule has 0 spiro atoms. The standard InChI is InChI=1S/C61H120N4O8/c1-8-15-20-25-27-28-30-37-46-65(48-39-35-44-59(67)73-56-57(41-32-23-18-11-4)42-33-24-19-12-5)61(69)72-55-52-63(50-49-62(13-6)14-7)51-54-71-60(68)64(45-36-29-26-21-16-9-2)47-38-34-43-58(66)70-53-40-31-22-17-10-3/h57H,8-56H2,1-7H3. The number of unbranched alkanes of at least 4 members (excludes halogenated alkanes) is 24. The van der Waals surface area contributed by atoms with Crippen LogP contribution >= 0.6 is 0 Å². The highest BCUT2D eigenvalue weighted by molar-refractivity contribution is 5.70. The van der Waals surface area contributed by atoms with E-state index in [1.807, 2.05) is 9.80 Å². The summed E-state index contributed by atoms with van der Waals surface area (Å²) in [7, 11) is 0. The van der Waals surface area contributed by atoms with Gasteiger partial charge in [0.1, 0.15) is 13.2 Å². The van der Waals surface area contributed by atoms with E-state index < -0.39 is 0 Å². The average Bonchev–Trinajstić information content (AvgIpc) is 3.39. The summed E-state index contributed by atoms with van der Waals surface area (Å²) < 4.78 is 23.3. The zero-order valence-electron chi connectivity index (χ0n) is 49.3. The maximum absolute atomic E-state index is 13.7. The molecule has 0 radical (unpaired) electrons. The molecule has 0 N–H and O–H groups in total. The molecule has 0 saturated heterocycles. The number of likely N-dealkylation sites (N-methyl/N-ethyl adjacent to an activating group) is 1. The minimum atomic E-state index is -0.303. The summed E-state index contributed by atoms with van der Waals surface area (Å²) in [5.41, 5.74) is 0. The number of carbonyl (C=O) groups is 4. The Morgan fingerprint density at radius 3 is 1.07 bits per heavy atom. The van der Waals surface area contributed by atoms with Crippen LogP contribution in [-0.2, 0) is 28.5 Å². The highest BCUT2D eigenvalue weighted by atomic mass is 16.6. The largest absolute Gasteiger partial charge is 0.466 e. The van der Waals surface area contributed by atoms with Gasteiger partial charge in [-0.1, -0.05) is 203 Å². The molecule has 0 saturated carbocycles. The molecule has 12 nitrogen and oxygen atoms in total. The number of rotatable bonds is 55. The summed E-state index contributed by atoms with van der Waals surface area (Å²) in [5, 5.41) is 0. The van der Waals surface area contributed by atoms with Crippen LogP contribution in [0.5, 0.6) is 0 Å². The van der Waals surface area contributed by atoms with Crippen molar-refractivity contribution in [1.29, 1.82) is 0 Å². The lowest BCUT2D eigenvalue weighted by Crippen LogP contribution is -2.41. The van der Waals surface area contributed by atoms with E-state index in [2.05, 4.69) is 58.3 Å². The molecule has 73 heavy (non-hydrogen) atoms. The van der Waals surface area contributed by atoms with Crippen molar-refractivity contribution in [3.8, 4) is 0 Å². The molecule has 0 aliphatic heterocycles. The van der Waals surface area contributed by atoms with Gasteiger partial charge >= 0.3 is 24.1 Å². The lowest BCUT2D eigenvalue weighted by atomic mass is 9.95. The first-order valence-electron chi connectivity index (χ1n) is 31.3. The van der Waals surface area contributed by atoms with E-state index in [0.29, 0.717) is 84.1 Å². The zero-order valence-corrected chi connectivity index (χ0v) is 49.3. The summed E-state index contributed by atoms with van der Waals surface area (Å²) in [6.07, 6.45) is 37.1. The maximum Gasteiger partial charge on any atom is 0.409 e. The number of hydrogen-bond acceptors (Lipinski definition) is 10. The van der Waals surface area contributed by atoms with Crippen LogP contribution in [-0.4, -0.2) is 136 Å². The molecule has 0 bridgehead atoms. The van der Waals surface area contributed by atoms with Crippen molar-refractivity contribution in [2.75, 3.05) is 91.9 Å². The Labute approximate surface area is 451 Å². The van der Waals surface area contributed by atoms with E-state index >= 15 is 0 Å².